The number of esters is 2. The van der Waals surface area contributed by atoms with Crippen LogP contribution in [-0.2, 0) is 14.2 Å². The second kappa shape index (κ2) is 29.0. The Kier molecular flexibility index (Phi) is 34.8. The van der Waals surface area contributed by atoms with Crippen molar-refractivity contribution in [1.82, 2.24) is 0 Å². The molecule has 0 atom stereocenters. The van der Waals surface area contributed by atoms with E-state index in [2.05, 4.69) is 106 Å². The number of ether oxygens (including phenoxy) is 3. The molecule has 1 fully saturated rings. The zero-order valence-electron chi connectivity index (χ0n) is 28.7. The molecule has 1 heterocycles. The number of carbonyl (C=O) groups is 3. The van der Waals surface area contributed by atoms with Crippen LogP contribution in [0, 0.1) is 23.3 Å². The van der Waals surface area contributed by atoms with E-state index in [0.717, 1.165) is 12.1 Å². The Labute approximate surface area is 370 Å². The molecule has 0 aliphatic carbocycles. The van der Waals surface area contributed by atoms with E-state index < -0.39 is 60.7 Å². The minimum absolute atomic E-state index is 0. The number of rotatable bonds is 5. The summed E-state index contributed by atoms with van der Waals surface area (Å²) in [5, 5.41) is 4.75. The fourth-order valence-corrected chi connectivity index (χ4v) is 5.70. The van der Waals surface area contributed by atoms with Gasteiger partial charge in [-0.1, -0.05) is 47.0 Å². The van der Waals surface area contributed by atoms with Crippen molar-refractivity contribution in [3.63, 3.8) is 0 Å². The molecule has 0 bridgehead atoms. The smallest absolute Gasteiger partial charge is 1.00 e. The van der Waals surface area contributed by atoms with Crippen molar-refractivity contribution in [1.29, 1.82) is 0 Å². The van der Waals surface area contributed by atoms with Crippen LogP contribution in [-0.4, -0.2) is 71.3 Å². The van der Waals surface area contributed by atoms with Gasteiger partial charge in [0.15, 0.2) is 11.6 Å². The molecular weight excluding hydrogens is 1000 g/mol. The minimum Gasteiger partial charge on any atom is -1.00 e. The standard InChI is InChI=1S/C12H10Br2F2O4.C9H18N.C6H2Br2F2.C3H5ClO2.2ClH.Li.Mg/c1-3-19-11(17)5-7(13)10(16)6(8(14)9(5)15)12(18)20-4-2;1-8(2)6-5-7-9(3,4)10-8;7-3-1-5(9)4(8)2-6(3)10;1-2-6-3(4)5;;;;/h3-4H2,1-2H3;5-7H2,1-4H3;1-2H;2H2,1H3;2*1H;;/q;-1;;;;;+1;+2/p-2. The Morgan fingerprint density at radius 2 is 1.02 bits per heavy atom. The SMILES string of the molecule is CC1(C)CCCC(C)(C)[N-]1.CCOC(=O)Cl.CCOC(=O)c1c(F)c(Br)c(C(=O)OCC)c(F)c1Br.Fc1cc(Br)c(F)cc1Br.[Cl-].[Cl-].[Li+].[Mg+2]. The number of hydrogen-bond acceptors (Lipinski definition) is 6. The number of piperidine rings is 1. The third-order valence-electron chi connectivity index (χ3n) is 5.63. The fourth-order valence-electron chi connectivity index (χ4n) is 3.89. The molecule has 7 nitrogen and oxygen atoms in total. The first kappa shape index (κ1) is 59.9. The summed E-state index contributed by atoms with van der Waals surface area (Å²) in [5.74, 6) is -5.22. The Bertz CT molecular complexity index is 1250. The van der Waals surface area contributed by atoms with E-state index in [-0.39, 0.29) is 100.0 Å². The number of benzene rings is 2. The van der Waals surface area contributed by atoms with Gasteiger partial charge in [-0.3, -0.25) is 0 Å². The molecule has 0 N–H and O–H groups in total. The molecule has 3 rings (SSSR count). The van der Waals surface area contributed by atoms with Crippen LogP contribution in [0.4, 0.5) is 22.4 Å². The maximum atomic E-state index is 14.1. The molecule has 1 aliphatic rings. The van der Waals surface area contributed by atoms with Gasteiger partial charge in [-0.05, 0) is 96.6 Å². The molecule has 0 radical (unpaired) electrons. The molecular formula is C30H35Br4Cl3F4LiMgNO6. The van der Waals surface area contributed by atoms with Gasteiger partial charge in [-0.2, -0.15) is 0 Å². The molecule has 0 unspecified atom stereocenters. The molecule has 20 heteroatoms. The average Bonchev–Trinajstić information content (AvgIpc) is 2.91. The van der Waals surface area contributed by atoms with Gasteiger partial charge in [0, 0.05) is 11.6 Å². The van der Waals surface area contributed by atoms with Crippen LogP contribution in [0.3, 0.4) is 0 Å². The number of carbonyl (C=O) groups excluding carboxylic acids is 3. The van der Waals surface area contributed by atoms with Crippen molar-refractivity contribution in [3.05, 3.63) is 69.7 Å². The predicted molar refractivity (Wildman–Crippen MR) is 189 cm³/mol. The summed E-state index contributed by atoms with van der Waals surface area (Å²) in [7, 11) is 0. The summed E-state index contributed by atoms with van der Waals surface area (Å²) in [4.78, 5) is 32.8. The monoisotopic (exact) mass is 1030 g/mol. The summed E-state index contributed by atoms with van der Waals surface area (Å²) < 4.78 is 66.0. The van der Waals surface area contributed by atoms with Crippen LogP contribution in [0.2, 0.25) is 0 Å². The Hall–Kier alpha value is 0.684. The van der Waals surface area contributed by atoms with Crippen molar-refractivity contribution in [3.8, 4) is 0 Å². The summed E-state index contributed by atoms with van der Waals surface area (Å²) in [6.07, 6.45) is 3.86. The Balaban J connectivity index is -0.000000192. The molecule has 2 aromatic rings. The first-order valence-electron chi connectivity index (χ1n) is 13.7. The zero-order valence-corrected chi connectivity index (χ0v) is 38.7. The van der Waals surface area contributed by atoms with Gasteiger partial charge in [0.25, 0.3) is 0 Å². The summed E-state index contributed by atoms with van der Waals surface area (Å²) in [5.41, 5.74) is -1.50. The van der Waals surface area contributed by atoms with E-state index in [1.54, 1.807) is 6.92 Å². The number of nitrogens with zero attached hydrogens (tertiary/aromatic N) is 1. The van der Waals surface area contributed by atoms with Crippen LogP contribution in [0.5, 0.6) is 0 Å². The van der Waals surface area contributed by atoms with Gasteiger partial charge in [-0.15, -0.1) is 11.1 Å². The first-order chi connectivity index (χ1) is 21.2. The van der Waals surface area contributed by atoms with Crippen LogP contribution >= 0.6 is 75.3 Å². The molecule has 1 aliphatic heterocycles. The molecule has 0 saturated carbocycles. The van der Waals surface area contributed by atoms with Gasteiger partial charge >= 0.3 is 59.3 Å². The minimum atomic E-state index is -1.10. The van der Waals surface area contributed by atoms with E-state index in [9.17, 15) is 31.9 Å². The van der Waals surface area contributed by atoms with Crippen LogP contribution in [0.1, 0.15) is 88.4 Å². The summed E-state index contributed by atoms with van der Waals surface area (Å²) in [6.45, 7) is 14.0. The molecule has 50 heavy (non-hydrogen) atoms. The van der Waals surface area contributed by atoms with E-state index in [4.69, 9.17) is 16.9 Å². The van der Waals surface area contributed by atoms with Gasteiger partial charge in [0.2, 0.25) is 0 Å². The molecule has 276 valence electrons. The molecule has 1 saturated heterocycles. The predicted octanol–water partition coefficient (Wildman–Crippen LogP) is 2.45. The van der Waals surface area contributed by atoms with E-state index in [1.165, 1.54) is 33.1 Å². The Morgan fingerprint density at radius 1 is 0.720 bits per heavy atom. The fraction of sp³-hybridized carbons (Fsp3) is 0.500. The van der Waals surface area contributed by atoms with Gasteiger partial charge < -0.3 is 44.3 Å². The van der Waals surface area contributed by atoms with Crippen LogP contribution in [0.15, 0.2) is 30.0 Å². The van der Waals surface area contributed by atoms with Crippen molar-refractivity contribution in [2.75, 3.05) is 19.8 Å². The third kappa shape index (κ3) is 21.5. The van der Waals surface area contributed by atoms with Crippen molar-refractivity contribution >= 4 is 116 Å². The Morgan fingerprint density at radius 3 is 1.22 bits per heavy atom. The number of hydrogen-bond donors (Lipinski definition) is 0. The second-order valence-corrected chi connectivity index (χ2v) is 14.0. The summed E-state index contributed by atoms with van der Waals surface area (Å²) >= 11 is 15.9. The van der Waals surface area contributed by atoms with Crippen molar-refractivity contribution in [2.24, 2.45) is 0 Å². The molecule has 0 spiro atoms. The molecule has 0 aromatic heterocycles. The van der Waals surface area contributed by atoms with Gasteiger partial charge in [0.1, 0.15) is 22.8 Å². The zero-order chi connectivity index (χ0) is 36.0. The topological polar surface area (TPSA) is 93.0 Å². The van der Waals surface area contributed by atoms with Crippen LogP contribution in [0.25, 0.3) is 5.32 Å². The summed E-state index contributed by atoms with van der Waals surface area (Å²) in [6, 6.07) is 2.14. The molecule has 0 amide bonds. The van der Waals surface area contributed by atoms with Crippen LogP contribution < -0.4 is 43.7 Å². The van der Waals surface area contributed by atoms with Gasteiger partial charge in [-0.25, -0.2) is 31.9 Å². The maximum Gasteiger partial charge on any atom is 2.00 e. The normalized spacial score (nSPS) is 13.0. The average molecular weight is 1040 g/mol. The van der Waals surface area contributed by atoms with E-state index in [1.807, 2.05) is 0 Å². The number of halogens is 11. The van der Waals surface area contributed by atoms with E-state index >= 15 is 0 Å². The van der Waals surface area contributed by atoms with E-state index in [0.29, 0.717) is 6.61 Å². The maximum absolute atomic E-state index is 14.1. The molecule has 2 aromatic carbocycles. The second-order valence-electron chi connectivity index (χ2n) is 10.4. The third-order valence-corrected chi connectivity index (χ3v) is 8.44. The first-order valence-corrected chi connectivity index (χ1v) is 17.3. The quantitative estimate of drug-likeness (QED) is 0.114. The largest absolute Gasteiger partial charge is 2.00 e. The van der Waals surface area contributed by atoms with Crippen molar-refractivity contribution < 1.29 is 89.8 Å². The van der Waals surface area contributed by atoms with Crippen molar-refractivity contribution in [2.45, 2.75) is 78.8 Å². The van der Waals surface area contributed by atoms with Gasteiger partial charge in [0.05, 0.1) is 37.7 Å².